The average molecular weight is 276 g/mol. The van der Waals surface area contributed by atoms with Crippen LogP contribution in [0.3, 0.4) is 0 Å². The van der Waals surface area contributed by atoms with E-state index in [-0.39, 0.29) is 0 Å². The molecule has 2 aliphatic rings. The molecule has 3 atom stereocenters. The Morgan fingerprint density at radius 1 is 1.30 bits per heavy atom. The van der Waals surface area contributed by atoms with Crippen LogP contribution in [0.1, 0.15) is 31.2 Å². The summed E-state index contributed by atoms with van der Waals surface area (Å²) in [5.74, 6) is 2.46. The van der Waals surface area contributed by atoms with E-state index in [1.54, 1.807) is 6.20 Å². The van der Waals surface area contributed by atoms with Crippen LogP contribution in [0.15, 0.2) is 18.5 Å². The third-order valence-corrected chi connectivity index (χ3v) is 4.52. The average Bonchev–Trinajstić information content (AvgIpc) is 3.14. The van der Waals surface area contributed by atoms with Crippen LogP contribution in [0, 0.1) is 11.8 Å². The summed E-state index contributed by atoms with van der Waals surface area (Å²) in [6, 6.07) is 2.64. The van der Waals surface area contributed by atoms with E-state index in [1.807, 2.05) is 6.20 Å². The van der Waals surface area contributed by atoms with Crippen molar-refractivity contribution in [2.45, 2.75) is 38.1 Å². The van der Waals surface area contributed by atoms with E-state index < -0.39 is 0 Å². The van der Waals surface area contributed by atoms with Crippen molar-refractivity contribution in [2.75, 3.05) is 19.8 Å². The van der Waals surface area contributed by atoms with Gasteiger partial charge in [-0.2, -0.15) is 0 Å². The van der Waals surface area contributed by atoms with Crippen LogP contribution in [0.5, 0.6) is 5.75 Å². The molecule has 0 bridgehead atoms. The molecular weight excluding hydrogens is 252 g/mol. The van der Waals surface area contributed by atoms with Gasteiger partial charge in [-0.05, 0) is 62.1 Å². The summed E-state index contributed by atoms with van der Waals surface area (Å²) < 4.78 is 5.77. The summed E-state index contributed by atoms with van der Waals surface area (Å²) in [6.07, 6.45) is 9.49. The van der Waals surface area contributed by atoms with Gasteiger partial charge < -0.3 is 15.2 Å². The highest BCUT2D eigenvalue weighted by Gasteiger charge is 2.35. The molecule has 4 nitrogen and oxygen atoms in total. The Kier molecular flexibility index (Phi) is 4.53. The van der Waals surface area contributed by atoms with Gasteiger partial charge in [0.25, 0.3) is 0 Å². The lowest BCUT2D eigenvalue weighted by Crippen LogP contribution is -2.46. The number of hydrogen-bond donors (Lipinski definition) is 2. The minimum absolute atomic E-state index is 0.335. The minimum Gasteiger partial charge on any atom is -0.490 e. The van der Waals surface area contributed by atoms with Crippen LogP contribution in [0.4, 0.5) is 0 Å². The summed E-state index contributed by atoms with van der Waals surface area (Å²) >= 11 is 0. The topological polar surface area (TPSA) is 54.4 Å². The van der Waals surface area contributed by atoms with Gasteiger partial charge in [0, 0.05) is 18.8 Å². The van der Waals surface area contributed by atoms with Crippen molar-refractivity contribution in [1.82, 2.24) is 10.3 Å². The summed E-state index contributed by atoms with van der Waals surface area (Å²) in [6.45, 7) is 2.19. The first kappa shape index (κ1) is 13.8. The molecule has 3 rings (SSSR count). The molecule has 1 aromatic heterocycles. The molecule has 1 saturated carbocycles. The maximum Gasteiger partial charge on any atom is 0.137 e. The van der Waals surface area contributed by atoms with Crippen LogP contribution < -0.4 is 10.1 Å². The summed E-state index contributed by atoms with van der Waals surface area (Å²) in [7, 11) is 0. The fraction of sp³-hybridized carbons (Fsp3) is 0.688. The number of aliphatic hydroxyl groups excluding tert-OH is 1. The van der Waals surface area contributed by atoms with Crippen LogP contribution in [0.25, 0.3) is 0 Å². The molecular formula is C16H24N2O2. The number of aliphatic hydroxyl groups is 1. The lowest BCUT2D eigenvalue weighted by atomic mass is 10.1. The highest BCUT2D eigenvalue weighted by atomic mass is 16.5. The zero-order valence-electron chi connectivity index (χ0n) is 11.9. The molecule has 0 aromatic carbocycles. The Morgan fingerprint density at radius 3 is 2.90 bits per heavy atom. The van der Waals surface area contributed by atoms with Crippen molar-refractivity contribution >= 4 is 0 Å². The third-order valence-electron chi connectivity index (χ3n) is 4.52. The molecule has 0 spiro atoms. The maximum absolute atomic E-state index is 8.91. The van der Waals surface area contributed by atoms with E-state index >= 15 is 0 Å². The van der Waals surface area contributed by atoms with Gasteiger partial charge in [0.15, 0.2) is 0 Å². The Labute approximate surface area is 120 Å². The molecule has 1 aromatic rings. The van der Waals surface area contributed by atoms with Crippen molar-refractivity contribution in [3.05, 3.63) is 24.0 Å². The largest absolute Gasteiger partial charge is 0.490 e. The predicted molar refractivity (Wildman–Crippen MR) is 77.8 cm³/mol. The van der Waals surface area contributed by atoms with E-state index in [0.717, 1.165) is 43.6 Å². The zero-order valence-corrected chi connectivity index (χ0v) is 11.9. The van der Waals surface area contributed by atoms with Gasteiger partial charge in [-0.1, -0.05) is 0 Å². The van der Waals surface area contributed by atoms with Crippen molar-refractivity contribution in [3.63, 3.8) is 0 Å². The quantitative estimate of drug-likeness (QED) is 0.760. The first-order chi connectivity index (χ1) is 9.85. The number of nitrogens with one attached hydrogen (secondary N) is 1. The van der Waals surface area contributed by atoms with Crippen molar-refractivity contribution in [3.8, 4) is 5.75 Å². The molecule has 1 saturated heterocycles. The van der Waals surface area contributed by atoms with Crippen LogP contribution in [-0.4, -0.2) is 35.9 Å². The molecule has 2 heterocycles. The van der Waals surface area contributed by atoms with Crippen molar-refractivity contribution in [1.29, 1.82) is 0 Å². The van der Waals surface area contributed by atoms with E-state index in [2.05, 4.69) is 16.4 Å². The van der Waals surface area contributed by atoms with Gasteiger partial charge in [-0.3, -0.25) is 4.98 Å². The van der Waals surface area contributed by atoms with Gasteiger partial charge >= 0.3 is 0 Å². The Bertz CT molecular complexity index is 434. The molecule has 110 valence electrons. The fourth-order valence-electron chi connectivity index (χ4n) is 2.90. The van der Waals surface area contributed by atoms with Gasteiger partial charge in [0.2, 0.25) is 0 Å². The fourth-order valence-corrected chi connectivity index (χ4v) is 2.90. The van der Waals surface area contributed by atoms with E-state index in [9.17, 15) is 0 Å². The Morgan fingerprint density at radius 2 is 2.15 bits per heavy atom. The molecule has 20 heavy (non-hydrogen) atoms. The number of rotatable bonds is 8. The Balaban J connectivity index is 1.42. The molecule has 4 heteroatoms. The third kappa shape index (κ3) is 3.70. The van der Waals surface area contributed by atoms with Crippen LogP contribution >= 0.6 is 0 Å². The van der Waals surface area contributed by atoms with Gasteiger partial charge in [0.05, 0.1) is 6.20 Å². The van der Waals surface area contributed by atoms with E-state index in [4.69, 9.17) is 9.84 Å². The number of hydrogen-bond acceptors (Lipinski definition) is 4. The summed E-state index contributed by atoms with van der Waals surface area (Å²) in [4.78, 5) is 4.27. The molecule has 2 N–H and O–H groups in total. The highest BCUT2D eigenvalue weighted by Crippen LogP contribution is 2.44. The maximum atomic E-state index is 8.91. The number of aryl methyl sites for hydroxylation is 1. The normalized spacial score (nSPS) is 27.9. The molecule has 0 unspecified atom stereocenters. The first-order valence-electron chi connectivity index (χ1n) is 7.76. The highest BCUT2D eigenvalue weighted by molar-refractivity contribution is 5.24. The molecule has 0 radical (unpaired) electrons. The second-order valence-corrected chi connectivity index (χ2v) is 6.09. The summed E-state index contributed by atoms with van der Waals surface area (Å²) in [5.41, 5.74) is 1.26. The number of aromatic nitrogens is 1. The minimum atomic E-state index is 0.335. The monoisotopic (exact) mass is 276 g/mol. The smallest absolute Gasteiger partial charge is 0.137 e. The van der Waals surface area contributed by atoms with Crippen molar-refractivity contribution in [2.24, 2.45) is 11.8 Å². The second kappa shape index (κ2) is 6.55. The van der Waals surface area contributed by atoms with Crippen LogP contribution in [-0.2, 0) is 6.42 Å². The SMILES string of the molecule is OCC[C@H]1C[C@@H]1CCc1cncc(OC[C@@H]2CCN2)c1. The number of pyridine rings is 1. The predicted octanol–water partition coefficient (Wildman–Crippen LogP) is 1.77. The van der Waals surface area contributed by atoms with Gasteiger partial charge in [-0.25, -0.2) is 0 Å². The zero-order chi connectivity index (χ0) is 13.8. The molecule has 0 amide bonds. The standard InChI is InChI=1S/C16H24N2O2/c19-6-4-14-8-13(14)2-1-12-7-16(10-17-9-12)20-11-15-3-5-18-15/h7,9-10,13-15,18-19H,1-6,8,11H2/t13-,14-,15-/m0/s1. The van der Waals surface area contributed by atoms with Crippen molar-refractivity contribution < 1.29 is 9.84 Å². The van der Waals surface area contributed by atoms with Gasteiger partial charge in [0.1, 0.15) is 12.4 Å². The molecule has 1 aliphatic carbocycles. The lowest BCUT2D eigenvalue weighted by molar-refractivity contribution is 0.217. The molecule has 2 fully saturated rings. The second-order valence-electron chi connectivity index (χ2n) is 6.09. The lowest BCUT2D eigenvalue weighted by Gasteiger charge is -2.27. The molecule has 1 aliphatic heterocycles. The first-order valence-corrected chi connectivity index (χ1v) is 7.76. The van der Waals surface area contributed by atoms with Gasteiger partial charge in [-0.15, -0.1) is 0 Å². The Hall–Kier alpha value is -1.13. The summed E-state index contributed by atoms with van der Waals surface area (Å²) in [5, 5.41) is 12.2. The van der Waals surface area contributed by atoms with Crippen LogP contribution in [0.2, 0.25) is 0 Å². The number of ether oxygens (including phenoxy) is 1. The van der Waals surface area contributed by atoms with E-state index in [0.29, 0.717) is 12.6 Å². The number of nitrogens with zero attached hydrogens (tertiary/aromatic N) is 1. The van der Waals surface area contributed by atoms with E-state index in [1.165, 1.54) is 24.8 Å².